The first-order chi connectivity index (χ1) is 7.95. The molecule has 1 N–H and O–H groups in total. The number of rotatable bonds is 4. The van der Waals surface area contributed by atoms with Gasteiger partial charge in [0, 0.05) is 7.05 Å². The summed E-state index contributed by atoms with van der Waals surface area (Å²) in [6.45, 7) is -0.409. The lowest BCUT2D eigenvalue weighted by molar-refractivity contribution is -0.137. The van der Waals surface area contributed by atoms with Gasteiger partial charge in [0.25, 0.3) is 5.91 Å². The highest BCUT2D eigenvalue weighted by Crippen LogP contribution is 2.17. The van der Waals surface area contributed by atoms with Crippen molar-refractivity contribution < 1.29 is 14.7 Å². The van der Waals surface area contributed by atoms with E-state index in [-0.39, 0.29) is 10.7 Å². The van der Waals surface area contributed by atoms with Crippen molar-refractivity contribution in [3.63, 3.8) is 0 Å². The largest absolute Gasteiger partial charge is 0.480 e. The van der Waals surface area contributed by atoms with Gasteiger partial charge in [-0.1, -0.05) is 23.4 Å². The number of hydrogen-bond donors (Lipinski definition) is 1. The Kier molecular flexibility index (Phi) is 4.71. The molecule has 1 amide bonds. The summed E-state index contributed by atoms with van der Waals surface area (Å²) in [5.41, 5.74) is 0.00904. The molecule has 0 fully saturated rings. The SMILES string of the molecule is CSc1ncc(Cl)c(C(=O)N(C)CC(=O)O)n1. The van der Waals surface area contributed by atoms with E-state index in [1.165, 1.54) is 25.0 Å². The van der Waals surface area contributed by atoms with Gasteiger partial charge in [0.05, 0.1) is 11.2 Å². The van der Waals surface area contributed by atoms with Crippen LogP contribution >= 0.6 is 23.4 Å². The van der Waals surface area contributed by atoms with Crippen LogP contribution in [0.4, 0.5) is 0 Å². The topological polar surface area (TPSA) is 83.4 Å². The minimum absolute atomic E-state index is 0.00904. The highest BCUT2D eigenvalue weighted by atomic mass is 35.5. The molecule has 0 aromatic carbocycles. The normalized spacial score (nSPS) is 10.1. The van der Waals surface area contributed by atoms with Gasteiger partial charge >= 0.3 is 5.97 Å². The number of thioether (sulfide) groups is 1. The van der Waals surface area contributed by atoms with E-state index in [0.717, 1.165) is 4.90 Å². The van der Waals surface area contributed by atoms with Crippen molar-refractivity contribution in [2.75, 3.05) is 19.8 Å². The summed E-state index contributed by atoms with van der Waals surface area (Å²) in [6, 6.07) is 0. The summed E-state index contributed by atoms with van der Waals surface area (Å²) < 4.78 is 0. The van der Waals surface area contributed by atoms with Crippen molar-refractivity contribution >= 4 is 35.2 Å². The quantitative estimate of drug-likeness (QED) is 0.652. The zero-order valence-corrected chi connectivity index (χ0v) is 10.7. The maximum atomic E-state index is 11.8. The maximum absolute atomic E-state index is 11.8. The molecule has 0 aliphatic rings. The number of hydrogen-bond acceptors (Lipinski definition) is 5. The van der Waals surface area contributed by atoms with Gasteiger partial charge < -0.3 is 10.0 Å². The van der Waals surface area contributed by atoms with Crippen LogP contribution in [-0.4, -0.2) is 51.7 Å². The second-order valence-corrected chi connectivity index (χ2v) is 4.29. The number of carboxylic acid groups (broad SMARTS) is 1. The van der Waals surface area contributed by atoms with E-state index in [2.05, 4.69) is 9.97 Å². The van der Waals surface area contributed by atoms with Crippen molar-refractivity contribution in [1.82, 2.24) is 14.9 Å². The van der Waals surface area contributed by atoms with Crippen LogP contribution in [0.25, 0.3) is 0 Å². The van der Waals surface area contributed by atoms with Gasteiger partial charge in [-0.2, -0.15) is 0 Å². The number of amides is 1. The molecule has 17 heavy (non-hydrogen) atoms. The molecule has 0 saturated heterocycles. The number of halogens is 1. The standard InChI is InChI=1S/C9H10ClN3O3S/c1-13(4-6(14)15)8(16)7-5(10)3-11-9(12-7)17-2/h3H,4H2,1-2H3,(H,14,15). The van der Waals surface area contributed by atoms with Gasteiger partial charge in [0.2, 0.25) is 0 Å². The summed E-state index contributed by atoms with van der Waals surface area (Å²) in [5, 5.41) is 9.09. The zero-order chi connectivity index (χ0) is 13.0. The Bertz CT molecular complexity index is 455. The number of aromatic nitrogens is 2. The molecule has 92 valence electrons. The smallest absolute Gasteiger partial charge is 0.323 e. The molecule has 0 bridgehead atoms. The van der Waals surface area contributed by atoms with Crippen LogP contribution in [0.5, 0.6) is 0 Å². The fourth-order valence-electron chi connectivity index (χ4n) is 1.05. The average Bonchev–Trinajstić information content (AvgIpc) is 2.28. The summed E-state index contributed by atoms with van der Waals surface area (Å²) in [6.07, 6.45) is 3.08. The number of carbonyl (C=O) groups excluding carboxylic acids is 1. The van der Waals surface area contributed by atoms with Gasteiger partial charge in [0.15, 0.2) is 10.9 Å². The minimum Gasteiger partial charge on any atom is -0.480 e. The van der Waals surface area contributed by atoms with Crippen molar-refractivity contribution in [3.8, 4) is 0 Å². The van der Waals surface area contributed by atoms with Crippen LogP contribution in [-0.2, 0) is 4.79 Å². The molecule has 1 aromatic rings. The lowest BCUT2D eigenvalue weighted by Crippen LogP contribution is -2.32. The van der Waals surface area contributed by atoms with Gasteiger partial charge in [-0.3, -0.25) is 9.59 Å². The molecule has 0 aliphatic heterocycles. The molecule has 8 heteroatoms. The Morgan fingerprint density at radius 2 is 2.24 bits per heavy atom. The van der Waals surface area contributed by atoms with Crippen LogP contribution < -0.4 is 0 Å². The third-order valence-corrected chi connectivity index (χ3v) is 2.66. The number of carboxylic acids is 1. The van der Waals surface area contributed by atoms with Crippen molar-refractivity contribution in [2.24, 2.45) is 0 Å². The first-order valence-corrected chi connectivity index (χ1v) is 6.09. The third kappa shape index (κ3) is 3.57. The highest BCUT2D eigenvalue weighted by molar-refractivity contribution is 7.98. The molecule has 1 heterocycles. The molecule has 0 atom stereocenters. The third-order valence-electron chi connectivity index (χ3n) is 1.83. The van der Waals surface area contributed by atoms with E-state index in [0.29, 0.717) is 5.16 Å². The van der Waals surface area contributed by atoms with Crippen molar-refractivity contribution in [3.05, 3.63) is 16.9 Å². The molecular formula is C9H10ClN3O3S. The summed E-state index contributed by atoms with van der Waals surface area (Å²) in [7, 11) is 1.37. The molecule has 1 rings (SSSR count). The minimum atomic E-state index is -1.10. The number of nitrogens with zero attached hydrogens (tertiary/aromatic N) is 3. The Balaban J connectivity index is 2.98. The van der Waals surface area contributed by atoms with Crippen molar-refractivity contribution in [1.29, 1.82) is 0 Å². The van der Waals surface area contributed by atoms with Gasteiger partial charge in [-0.25, -0.2) is 9.97 Å². The predicted octanol–water partition coefficient (Wildman–Crippen LogP) is 1.01. The fourth-order valence-corrected chi connectivity index (χ4v) is 1.57. The van der Waals surface area contributed by atoms with Crippen LogP contribution in [0.15, 0.2) is 11.4 Å². The second kappa shape index (κ2) is 5.83. The molecule has 0 unspecified atom stereocenters. The van der Waals surface area contributed by atoms with Gasteiger partial charge in [-0.05, 0) is 6.26 Å². The molecule has 0 radical (unpaired) electrons. The van der Waals surface area contributed by atoms with Gasteiger partial charge in [-0.15, -0.1) is 0 Å². The monoisotopic (exact) mass is 275 g/mol. The lowest BCUT2D eigenvalue weighted by Gasteiger charge is -2.14. The fraction of sp³-hybridized carbons (Fsp3) is 0.333. The zero-order valence-electron chi connectivity index (χ0n) is 9.18. The number of carbonyl (C=O) groups is 2. The Hall–Kier alpha value is -1.34. The van der Waals surface area contributed by atoms with Crippen LogP contribution in [0.1, 0.15) is 10.5 Å². The maximum Gasteiger partial charge on any atom is 0.323 e. The van der Waals surface area contributed by atoms with E-state index in [1.54, 1.807) is 6.26 Å². The Labute approximate surface area is 107 Å². The summed E-state index contributed by atoms with van der Waals surface area (Å²) in [4.78, 5) is 31.2. The van der Waals surface area contributed by atoms with Crippen LogP contribution in [0, 0.1) is 0 Å². The lowest BCUT2D eigenvalue weighted by atomic mass is 10.3. The van der Waals surface area contributed by atoms with E-state index in [9.17, 15) is 9.59 Å². The second-order valence-electron chi connectivity index (χ2n) is 3.11. The van der Waals surface area contributed by atoms with Crippen molar-refractivity contribution in [2.45, 2.75) is 5.16 Å². The first kappa shape index (κ1) is 13.7. The molecule has 0 aliphatic carbocycles. The molecular weight excluding hydrogens is 266 g/mol. The number of aliphatic carboxylic acids is 1. The Morgan fingerprint density at radius 3 is 2.76 bits per heavy atom. The van der Waals surface area contributed by atoms with E-state index >= 15 is 0 Å². The highest BCUT2D eigenvalue weighted by Gasteiger charge is 2.19. The van der Waals surface area contributed by atoms with E-state index < -0.39 is 18.4 Å². The van der Waals surface area contributed by atoms with E-state index in [1.807, 2.05) is 0 Å². The average molecular weight is 276 g/mol. The molecule has 0 spiro atoms. The van der Waals surface area contributed by atoms with E-state index in [4.69, 9.17) is 16.7 Å². The molecule has 0 saturated carbocycles. The molecule has 6 nitrogen and oxygen atoms in total. The first-order valence-electron chi connectivity index (χ1n) is 4.49. The predicted molar refractivity (Wildman–Crippen MR) is 63.4 cm³/mol. The Morgan fingerprint density at radius 1 is 1.59 bits per heavy atom. The van der Waals surface area contributed by atoms with Gasteiger partial charge in [0.1, 0.15) is 6.54 Å². The summed E-state index contributed by atoms with van der Waals surface area (Å²) >= 11 is 7.07. The van der Waals surface area contributed by atoms with Crippen LogP contribution in [0.3, 0.4) is 0 Å². The van der Waals surface area contributed by atoms with Crippen LogP contribution in [0.2, 0.25) is 5.02 Å². The summed E-state index contributed by atoms with van der Waals surface area (Å²) in [5.74, 6) is -1.65. The molecule has 1 aromatic heterocycles. The number of likely N-dealkylation sites (N-methyl/N-ethyl adjacent to an activating group) is 1.